The van der Waals surface area contributed by atoms with Crippen LogP contribution in [-0.2, 0) is 4.79 Å². The summed E-state index contributed by atoms with van der Waals surface area (Å²) in [6.07, 6.45) is 2.48. The zero-order chi connectivity index (χ0) is 12.7. The molecule has 0 saturated carbocycles. The molecule has 2 atom stereocenters. The highest BCUT2D eigenvalue weighted by Gasteiger charge is 2.18. The van der Waals surface area contributed by atoms with Crippen LogP contribution in [0.15, 0.2) is 0 Å². The minimum absolute atomic E-state index is 0.0170. The molecule has 1 rings (SSSR count). The van der Waals surface area contributed by atoms with Crippen LogP contribution in [0.4, 0.5) is 4.79 Å². The minimum atomic E-state index is -0.787. The van der Waals surface area contributed by atoms with Crippen molar-refractivity contribution in [3.05, 3.63) is 0 Å². The number of nitrogens with one attached hydrogen (secondary N) is 2. The van der Waals surface area contributed by atoms with E-state index < -0.39 is 5.97 Å². The summed E-state index contributed by atoms with van der Waals surface area (Å²) in [7, 11) is 0. The summed E-state index contributed by atoms with van der Waals surface area (Å²) < 4.78 is 0. The third-order valence-electron chi connectivity index (χ3n) is 2.67. The van der Waals surface area contributed by atoms with Crippen LogP contribution in [0.3, 0.4) is 0 Å². The van der Waals surface area contributed by atoms with Crippen molar-refractivity contribution in [2.45, 2.75) is 44.7 Å². The predicted molar refractivity (Wildman–Crippen MR) is 68.3 cm³/mol. The smallest absolute Gasteiger partial charge is 0.315 e. The average Bonchev–Trinajstić information content (AvgIpc) is 2.69. The molecule has 0 bridgehead atoms. The van der Waals surface area contributed by atoms with Crippen molar-refractivity contribution in [3.8, 4) is 0 Å². The number of carboxylic acid groups (broad SMARTS) is 1. The van der Waals surface area contributed by atoms with E-state index in [4.69, 9.17) is 5.11 Å². The molecule has 0 aromatic rings. The molecule has 1 heterocycles. The number of thioether (sulfide) groups is 1. The molecule has 17 heavy (non-hydrogen) atoms. The lowest BCUT2D eigenvalue weighted by molar-refractivity contribution is -0.137. The van der Waals surface area contributed by atoms with Gasteiger partial charge in [0.05, 0.1) is 0 Å². The summed E-state index contributed by atoms with van der Waals surface area (Å²) in [6, 6.07) is 0.162. The van der Waals surface area contributed by atoms with E-state index in [0.29, 0.717) is 12.8 Å². The Labute approximate surface area is 106 Å². The van der Waals surface area contributed by atoms with Gasteiger partial charge in [0.25, 0.3) is 0 Å². The molecule has 0 spiro atoms. The average molecular weight is 260 g/mol. The van der Waals surface area contributed by atoms with Gasteiger partial charge in [-0.05, 0) is 31.9 Å². The number of hydrogen-bond acceptors (Lipinski definition) is 3. The molecule has 98 valence electrons. The van der Waals surface area contributed by atoms with Crippen molar-refractivity contribution in [3.63, 3.8) is 0 Å². The Kier molecular flexibility index (Phi) is 6.18. The first-order valence-electron chi connectivity index (χ1n) is 5.94. The maximum absolute atomic E-state index is 11.6. The molecule has 0 aliphatic carbocycles. The standard InChI is InChI=1S/C11H20N2O3S/c1-8(3-2-4-10(14)15)12-11(16)13-9-5-6-17-7-9/h8-9H,2-7H2,1H3,(H,14,15)(H2,12,13,16). The van der Waals surface area contributed by atoms with Crippen molar-refractivity contribution in [2.75, 3.05) is 11.5 Å². The number of urea groups is 1. The zero-order valence-corrected chi connectivity index (χ0v) is 10.9. The van der Waals surface area contributed by atoms with E-state index in [2.05, 4.69) is 10.6 Å². The van der Waals surface area contributed by atoms with Crippen molar-refractivity contribution < 1.29 is 14.7 Å². The normalized spacial score (nSPS) is 20.9. The van der Waals surface area contributed by atoms with Gasteiger partial charge < -0.3 is 15.7 Å². The van der Waals surface area contributed by atoms with Crippen LogP contribution in [0, 0.1) is 0 Å². The molecule has 1 saturated heterocycles. The van der Waals surface area contributed by atoms with Gasteiger partial charge in [0, 0.05) is 24.3 Å². The maximum Gasteiger partial charge on any atom is 0.315 e. The van der Waals surface area contributed by atoms with Crippen LogP contribution in [0.1, 0.15) is 32.6 Å². The topological polar surface area (TPSA) is 78.4 Å². The van der Waals surface area contributed by atoms with E-state index in [1.807, 2.05) is 18.7 Å². The van der Waals surface area contributed by atoms with Crippen LogP contribution in [0.5, 0.6) is 0 Å². The Bertz CT molecular complexity index is 267. The number of aliphatic carboxylic acids is 1. The molecular weight excluding hydrogens is 240 g/mol. The number of carbonyl (C=O) groups is 2. The van der Waals surface area contributed by atoms with Gasteiger partial charge in [-0.15, -0.1) is 0 Å². The molecule has 6 heteroatoms. The molecule has 1 aliphatic rings. The zero-order valence-electron chi connectivity index (χ0n) is 10.1. The van der Waals surface area contributed by atoms with Gasteiger partial charge in [-0.3, -0.25) is 4.79 Å². The Morgan fingerprint density at radius 1 is 1.53 bits per heavy atom. The fourth-order valence-electron chi connectivity index (χ4n) is 1.73. The molecule has 0 aromatic heterocycles. The second kappa shape index (κ2) is 7.42. The first-order valence-corrected chi connectivity index (χ1v) is 7.10. The molecule has 1 fully saturated rings. The van der Waals surface area contributed by atoms with E-state index in [1.54, 1.807) is 0 Å². The highest BCUT2D eigenvalue weighted by atomic mass is 32.2. The lowest BCUT2D eigenvalue weighted by Crippen LogP contribution is -2.45. The van der Waals surface area contributed by atoms with Gasteiger partial charge in [0.15, 0.2) is 0 Å². The summed E-state index contributed by atoms with van der Waals surface area (Å²) in [4.78, 5) is 21.9. The van der Waals surface area contributed by atoms with Gasteiger partial charge in [-0.25, -0.2) is 4.79 Å². The third kappa shape index (κ3) is 6.41. The largest absolute Gasteiger partial charge is 0.481 e. The van der Waals surface area contributed by atoms with Gasteiger partial charge >= 0.3 is 12.0 Å². The predicted octanol–water partition coefficient (Wildman–Crippen LogP) is 1.43. The summed E-state index contributed by atoms with van der Waals surface area (Å²) in [5, 5.41) is 14.2. The summed E-state index contributed by atoms with van der Waals surface area (Å²) in [6.45, 7) is 1.89. The third-order valence-corrected chi connectivity index (χ3v) is 3.83. The second-order valence-corrected chi connectivity index (χ2v) is 5.52. The number of hydrogen-bond donors (Lipinski definition) is 3. The fraction of sp³-hybridized carbons (Fsp3) is 0.818. The van der Waals surface area contributed by atoms with Crippen molar-refractivity contribution in [1.82, 2.24) is 10.6 Å². The number of carboxylic acids is 1. The van der Waals surface area contributed by atoms with Crippen molar-refractivity contribution in [2.24, 2.45) is 0 Å². The Balaban J connectivity index is 2.09. The lowest BCUT2D eigenvalue weighted by Gasteiger charge is -2.16. The molecule has 1 aliphatic heterocycles. The first kappa shape index (κ1) is 14.2. The van der Waals surface area contributed by atoms with Gasteiger partial charge in [-0.2, -0.15) is 11.8 Å². The molecule has 0 radical (unpaired) electrons. The van der Waals surface area contributed by atoms with Crippen LogP contribution in [0.25, 0.3) is 0 Å². The highest BCUT2D eigenvalue weighted by molar-refractivity contribution is 7.99. The Morgan fingerprint density at radius 2 is 2.29 bits per heavy atom. The van der Waals surface area contributed by atoms with Crippen LogP contribution in [0.2, 0.25) is 0 Å². The molecule has 0 aromatic carbocycles. The second-order valence-electron chi connectivity index (χ2n) is 4.37. The monoisotopic (exact) mass is 260 g/mol. The molecule has 2 unspecified atom stereocenters. The lowest BCUT2D eigenvalue weighted by atomic mass is 10.1. The molecule has 3 N–H and O–H groups in total. The van der Waals surface area contributed by atoms with E-state index >= 15 is 0 Å². The fourth-order valence-corrected chi connectivity index (χ4v) is 2.88. The summed E-state index contributed by atoms with van der Waals surface area (Å²) in [5.74, 6) is 1.31. The van der Waals surface area contributed by atoms with E-state index in [9.17, 15) is 9.59 Å². The summed E-state index contributed by atoms with van der Waals surface area (Å²) in [5.41, 5.74) is 0. The maximum atomic E-state index is 11.6. The van der Waals surface area contributed by atoms with E-state index in [-0.39, 0.29) is 24.5 Å². The van der Waals surface area contributed by atoms with Gasteiger partial charge in [0.2, 0.25) is 0 Å². The highest BCUT2D eigenvalue weighted by Crippen LogP contribution is 2.16. The SMILES string of the molecule is CC(CCCC(=O)O)NC(=O)NC1CCSC1. The molecule has 2 amide bonds. The van der Waals surface area contributed by atoms with Gasteiger partial charge in [-0.1, -0.05) is 0 Å². The molecular formula is C11H20N2O3S. The molecule has 5 nitrogen and oxygen atoms in total. The summed E-state index contributed by atoms with van der Waals surface area (Å²) >= 11 is 1.85. The minimum Gasteiger partial charge on any atom is -0.481 e. The number of rotatable bonds is 6. The number of amides is 2. The quantitative estimate of drug-likeness (QED) is 0.675. The number of carbonyl (C=O) groups excluding carboxylic acids is 1. The van der Waals surface area contributed by atoms with Crippen molar-refractivity contribution in [1.29, 1.82) is 0 Å². The Morgan fingerprint density at radius 3 is 2.88 bits per heavy atom. The van der Waals surface area contributed by atoms with Crippen molar-refractivity contribution >= 4 is 23.8 Å². The van der Waals surface area contributed by atoms with Crippen LogP contribution in [-0.4, -0.2) is 40.7 Å². The Hall–Kier alpha value is -0.910. The van der Waals surface area contributed by atoms with E-state index in [0.717, 1.165) is 17.9 Å². The van der Waals surface area contributed by atoms with Crippen LogP contribution < -0.4 is 10.6 Å². The first-order chi connectivity index (χ1) is 8.08. The van der Waals surface area contributed by atoms with E-state index in [1.165, 1.54) is 0 Å². The van der Waals surface area contributed by atoms with Gasteiger partial charge in [0.1, 0.15) is 0 Å². The van der Waals surface area contributed by atoms with Crippen LogP contribution >= 0.6 is 11.8 Å².